The second kappa shape index (κ2) is 6.72. The summed E-state index contributed by atoms with van der Waals surface area (Å²) in [6, 6.07) is 6.03. The molecule has 1 heterocycles. The average molecular weight is 290 g/mol. The first kappa shape index (κ1) is 15.5. The first-order chi connectivity index (χ1) is 10.0. The molecule has 21 heavy (non-hydrogen) atoms. The first-order valence-corrected chi connectivity index (χ1v) is 7.16. The fraction of sp³-hybridized carbons (Fsp3) is 0.500. The molecule has 1 N–H and O–H groups in total. The van der Waals surface area contributed by atoms with Crippen molar-refractivity contribution in [2.75, 3.05) is 31.7 Å². The molecule has 0 spiro atoms. The van der Waals surface area contributed by atoms with Gasteiger partial charge in [-0.15, -0.1) is 0 Å². The zero-order valence-electron chi connectivity index (χ0n) is 12.8. The topological polar surface area (TPSA) is 58.6 Å². The molecule has 2 amide bonds. The van der Waals surface area contributed by atoms with Gasteiger partial charge in [0.2, 0.25) is 11.8 Å². The fourth-order valence-corrected chi connectivity index (χ4v) is 2.66. The minimum absolute atomic E-state index is 0.00638. The van der Waals surface area contributed by atoms with Crippen LogP contribution in [0.1, 0.15) is 17.5 Å². The van der Waals surface area contributed by atoms with Crippen LogP contribution in [0.4, 0.5) is 5.69 Å². The summed E-state index contributed by atoms with van der Waals surface area (Å²) in [6.45, 7) is 5.41. The molecule has 1 aliphatic rings. The Hall–Kier alpha value is -1.88. The van der Waals surface area contributed by atoms with E-state index in [1.54, 1.807) is 12.0 Å². The number of nitrogens with zero attached hydrogens (tertiary/aromatic N) is 1. The lowest BCUT2D eigenvalue weighted by molar-refractivity contribution is -0.126. The van der Waals surface area contributed by atoms with Crippen molar-refractivity contribution >= 4 is 17.5 Å². The maximum Gasteiger partial charge on any atom is 0.227 e. The highest BCUT2D eigenvalue weighted by Gasteiger charge is 2.35. The summed E-state index contributed by atoms with van der Waals surface area (Å²) in [5.41, 5.74) is 3.11. The molecular weight excluding hydrogens is 268 g/mol. The van der Waals surface area contributed by atoms with Crippen LogP contribution in [0.5, 0.6) is 0 Å². The Kier molecular flexibility index (Phi) is 4.96. The van der Waals surface area contributed by atoms with Gasteiger partial charge in [-0.1, -0.05) is 6.07 Å². The number of benzene rings is 1. The minimum Gasteiger partial charge on any atom is -0.383 e. The molecule has 1 aliphatic heterocycles. The number of nitrogens with one attached hydrogen (secondary N) is 1. The molecule has 0 aliphatic carbocycles. The van der Waals surface area contributed by atoms with Crippen LogP contribution in [0.25, 0.3) is 0 Å². The quantitative estimate of drug-likeness (QED) is 0.834. The largest absolute Gasteiger partial charge is 0.383 e. The molecule has 5 nitrogen and oxygen atoms in total. The van der Waals surface area contributed by atoms with Crippen molar-refractivity contribution in [1.82, 2.24) is 5.32 Å². The summed E-state index contributed by atoms with van der Waals surface area (Å²) >= 11 is 0. The van der Waals surface area contributed by atoms with Crippen LogP contribution in [-0.4, -0.2) is 38.6 Å². The molecule has 0 saturated carbocycles. The van der Waals surface area contributed by atoms with Crippen molar-refractivity contribution in [2.24, 2.45) is 5.92 Å². The average Bonchev–Trinajstić information content (AvgIpc) is 2.80. The number of rotatable bonds is 5. The molecule has 1 saturated heterocycles. The number of carbonyl (C=O) groups is 2. The van der Waals surface area contributed by atoms with Gasteiger partial charge in [-0.05, 0) is 37.1 Å². The van der Waals surface area contributed by atoms with E-state index in [-0.39, 0.29) is 24.2 Å². The Labute approximate surface area is 125 Å². The van der Waals surface area contributed by atoms with E-state index >= 15 is 0 Å². The Balaban J connectivity index is 2.04. The molecule has 0 unspecified atom stereocenters. The van der Waals surface area contributed by atoms with E-state index in [0.29, 0.717) is 19.7 Å². The van der Waals surface area contributed by atoms with Gasteiger partial charge in [-0.25, -0.2) is 0 Å². The molecule has 2 rings (SSSR count). The lowest BCUT2D eigenvalue weighted by Crippen LogP contribution is -2.34. The van der Waals surface area contributed by atoms with E-state index in [1.807, 2.05) is 26.0 Å². The van der Waals surface area contributed by atoms with Crippen LogP contribution < -0.4 is 10.2 Å². The zero-order valence-corrected chi connectivity index (χ0v) is 12.8. The molecule has 1 aromatic carbocycles. The van der Waals surface area contributed by atoms with Gasteiger partial charge in [-0.3, -0.25) is 9.59 Å². The van der Waals surface area contributed by atoms with Crippen molar-refractivity contribution in [1.29, 1.82) is 0 Å². The molecule has 1 fully saturated rings. The summed E-state index contributed by atoms with van der Waals surface area (Å²) in [5.74, 6) is -0.352. The highest BCUT2D eigenvalue weighted by Crippen LogP contribution is 2.26. The van der Waals surface area contributed by atoms with Crippen molar-refractivity contribution in [3.63, 3.8) is 0 Å². The van der Waals surface area contributed by atoms with Gasteiger partial charge in [0.1, 0.15) is 0 Å². The standard InChI is InChI=1S/C16H22N2O3/c1-11-6-12(2)8-14(7-11)18-10-13(9-15(18)19)16(20)17-4-5-21-3/h6-8,13H,4-5,9-10H2,1-3H3,(H,17,20)/t13-/m0/s1. The molecule has 114 valence electrons. The van der Waals surface area contributed by atoms with Gasteiger partial charge < -0.3 is 15.0 Å². The second-order valence-electron chi connectivity index (χ2n) is 5.54. The summed E-state index contributed by atoms with van der Waals surface area (Å²) in [5, 5.41) is 2.80. The highest BCUT2D eigenvalue weighted by atomic mass is 16.5. The van der Waals surface area contributed by atoms with Gasteiger partial charge in [0, 0.05) is 32.3 Å². The van der Waals surface area contributed by atoms with Crippen LogP contribution >= 0.6 is 0 Å². The number of amides is 2. The van der Waals surface area contributed by atoms with Crippen molar-refractivity contribution in [3.8, 4) is 0 Å². The van der Waals surface area contributed by atoms with Crippen LogP contribution in [0.15, 0.2) is 18.2 Å². The van der Waals surface area contributed by atoms with Crippen LogP contribution in [0.2, 0.25) is 0 Å². The first-order valence-electron chi connectivity index (χ1n) is 7.16. The second-order valence-corrected chi connectivity index (χ2v) is 5.54. The molecule has 0 bridgehead atoms. The number of methoxy groups -OCH3 is 1. The van der Waals surface area contributed by atoms with E-state index in [4.69, 9.17) is 4.74 Å². The van der Waals surface area contributed by atoms with Gasteiger partial charge >= 0.3 is 0 Å². The molecule has 0 aromatic heterocycles. The molecule has 5 heteroatoms. The third-order valence-corrected chi connectivity index (χ3v) is 3.62. The number of ether oxygens (including phenoxy) is 1. The van der Waals surface area contributed by atoms with Crippen molar-refractivity contribution in [2.45, 2.75) is 20.3 Å². The summed E-state index contributed by atoms with van der Waals surface area (Å²) < 4.78 is 4.90. The predicted octanol–water partition coefficient (Wildman–Crippen LogP) is 1.42. The number of hydrogen-bond acceptors (Lipinski definition) is 3. The van der Waals surface area contributed by atoms with Crippen molar-refractivity contribution < 1.29 is 14.3 Å². The zero-order chi connectivity index (χ0) is 15.4. The Morgan fingerprint density at radius 1 is 1.33 bits per heavy atom. The Morgan fingerprint density at radius 2 is 2.00 bits per heavy atom. The highest BCUT2D eigenvalue weighted by molar-refractivity contribution is 6.00. The number of anilines is 1. The molecule has 1 aromatic rings. The van der Waals surface area contributed by atoms with Gasteiger partial charge in [0.05, 0.1) is 12.5 Å². The third-order valence-electron chi connectivity index (χ3n) is 3.62. The third kappa shape index (κ3) is 3.82. The van der Waals surface area contributed by atoms with Gasteiger partial charge in [-0.2, -0.15) is 0 Å². The monoisotopic (exact) mass is 290 g/mol. The number of carbonyl (C=O) groups excluding carboxylic acids is 2. The number of aryl methyl sites for hydroxylation is 2. The molecule has 1 atom stereocenters. The SMILES string of the molecule is COCCNC(=O)[C@H]1CC(=O)N(c2cc(C)cc(C)c2)C1. The van der Waals surface area contributed by atoms with E-state index in [2.05, 4.69) is 11.4 Å². The summed E-state index contributed by atoms with van der Waals surface area (Å²) in [6.07, 6.45) is 0.270. The summed E-state index contributed by atoms with van der Waals surface area (Å²) in [7, 11) is 1.59. The summed E-state index contributed by atoms with van der Waals surface area (Å²) in [4.78, 5) is 25.9. The van der Waals surface area contributed by atoms with E-state index in [9.17, 15) is 9.59 Å². The Bertz CT molecular complexity index is 522. The molecule has 0 radical (unpaired) electrons. The molecular formula is C16H22N2O3. The van der Waals surface area contributed by atoms with Crippen molar-refractivity contribution in [3.05, 3.63) is 29.3 Å². The fourth-order valence-electron chi connectivity index (χ4n) is 2.66. The Morgan fingerprint density at radius 3 is 2.62 bits per heavy atom. The number of hydrogen-bond donors (Lipinski definition) is 1. The van der Waals surface area contributed by atoms with Gasteiger partial charge in [0.25, 0.3) is 0 Å². The van der Waals surface area contributed by atoms with Crippen LogP contribution in [0, 0.1) is 19.8 Å². The smallest absolute Gasteiger partial charge is 0.227 e. The van der Waals surface area contributed by atoms with E-state index in [1.165, 1.54) is 0 Å². The predicted molar refractivity (Wildman–Crippen MR) is 81.3 cm³/mol. The minimum atomic E-state index is -0.282. The van der Waals surface area contributed by atoms with E-state index in [0.717, 1.165) is 16.8 Å². The van der Waals surface area contributed by atoms with Crippen LogP contribution in [-0.2, 0) is 14.3 Å². The maximum atomic E-state index is 12.2. The lowest BCUT2D eigenvalue weighted by Gasteiger charge is -2.18. The van der Waals surface area contributed by atoms with Crippen LogP contribution in [0.3, 0.4) is 0 Å². The maximum absolute atomic E-state index is 12.2. The normalized spacial score (nSPS) is 18.1. The van der Waals surface area contributed by atoms with Gasteiger partial charge in [0.15, 0.2) is 0 Å². The van der Waals surface area contributed by atoms with E-state index < -0.39 is 0 Å². The lowest BCUT2D eigenvalue weighted by atomic mass is 10.1.